The van der Waals surface area contributed by atoms with Crippen molar-refractivity contribution in [1.82, 2.24) is 29.6 Å². The van der Waals surface area contributed by atoms with Crippen LogP contribution < -0.4 is 11.1 Å². The van der Waals surface area contributed by atoms with E-state index >= 15 is 0 Å². The summed E-state index contributed by atoms with van der Waals surface area (Å²) in [5.41, 5.74) is 3.76. The molecular formula is C33H45N7O6. The maximum Gasteiger partial charge on any atom is 0.437 e. The maximum atomic E-state index is 13.7. The van der Waals surface area contributed by atoms with E-state index in [1.165, 1.54) is 14.5 Å². The smallest absolute Gasteiger partial charge is 0.437 e. The van der Waals surface area contributed by atoms with E-state index in [0.717, 1.165) is 16.7 Å². The predicted molar refractivity (Wildman–Crippen MR) is 174 cm³/mol. The van der Waals surface area contributed by atoms with Gasteiger partial charge in [-0.15, -0.1) is 5.10 Å². The molecule has 46 heavy (non-hydrogen) atoms. The van der Waals surface area contributed by atoms with Crippen LogP contribution in [0, 0.1) is 6.92 Å². The zero-order valence-electron chi connectivity index (χ0n) is 27.8. The van der Waals surface area contributed by atoms with Gasteiger partial charge in [-0.2, -0.15) is 4.68 Å². The van der Waals surface area contributed by atoms with Crippen molar-refractivity contribution < 1.29 is 23.5 Å². The van der Waals surface area contributed by atoms with E-state index in [0.29, 0.717) is 37.4 Å². The zero-order chi connectivity index (χ0) is 33.6. The summed E-state index contributed by atoms with van der Waals surface area (Å²) < 4.78 is 12.1. The molecule has 0 bridgehead atoms. The summed E-state index contributed by atoms with van der Waals surface area (Å²) in [7, 11) is 1.71. The second-order valence-corrected chi connectivity index (χ2v) is 12.3. The van der Waals surface area contributed by atoms with Gasteiger partial charge in [0.25, 0.3) is 5.91 Å². The molecule has 1 aliphatic heterocycles. The van der Waals surface area contributed by atoms with Gasteiger partial charge in [0.2, 0.25) is 11.8 Å². The van der Waals surface area contributed by atoms with Crippen molar-refractivity contribution in [1.29, 1.82) is 0 Å². The molecule has 3 aromatic rings. The number of nitrogens with zero attached hydrogens (tertiary/aromatic N) is 6. The fourth-order valence-electron chi connectivity index (χ4n) is 5.04. The first-order valence-corrected chi connectivity index (χ1v) is 15.6. The molecule has 0 unspecified atom stereocenters. The van der Waals surface area contributed by atoms with Gasteiger partial charge in [0.1, 0.15) is 12.1 Å². The number of nitrogens with one attached hydrogen (secondary N) is 1. The van der Waals surface area contributed by atoms with Crippen LogP contribution in [-0.2, 0) is 34.0 Å². The van der Waals surface area contributed by atoms with Gasteiger partial charge in [-0.25, -0.2) is 14.6 Å². The average Bonchev–Trinajstić information content (AvgIpc) is 3.62. The second kappa shape index (κ2) is 14.6. The monoisotopic (exact) mass is 635 g/mol. The molecule has 0 radical (unpaired) electrons. The molecule has 0 aliphatic carbocycles. The van der Waals surface area contributed by atoms with Gasteiger partial charge in [-0.05, 0) is 70.4 Å². The van der Waals surface area contributed by atoms with E-state index in [1.54, 1.807) is 51.9 Å². The van der Waals surface area contributed by atoms with Gasteiger partial charge >= 0.3 is 11.8 Å². The molecule has 0 spiro atoms. The number of carbonyl (C=O) groups excluding carboxylic acids is 3. The molecule has 2 aromatic carbocycles. The van der Waals surface area contributed by atoms with Crippen LogP contribution in [0.3, 0.4) is 0 Å². The summed E-state index contributed by atoms with van der Waals surface area (Å²) in [5, 5.41) is 10.9. The number of likely N-dealkylation sites (N-methyl/N-ethyl adjacent to an activating group) is 2. The summed E-state index contributed by atoms with van der Waals surface area (Å²) >= 11 is 0. The first kappa shape index (κ1) is 34.2. The fraction of sp³-hybridized carbons (Fsp3) is 0.485. The lowest BCUT2D eigenvalue weighted by molar-refractivity contribution is -0.151. The standard InChI is InChI=1S/C33H45N7O6/c1-8-37(31(43)46-33(4,5)6)16-17-38(22-29(42)36(7)39-20-25-12-10-11-13-26(25)21-39)28(41)19-34-27-18-24(15-14-23(27)3)30-35-40(9-2)32(44)45-30/h10-15,18,34H,8-9,16-17,19-22H2,1-7H3. The third-order valence-electron chi connectivity index (χ3n) is 7.78. The minimum Gasteiger partial charge on any atom is -0.444 e. The average molecular weight is 636 g/mol. The highest BCUT2D eigenvalue weighted by atomic mass is 16.6. The van der Waals surface area contributed by atoms with Gasteiger partial charge in [-0.3, -0.25) is 14.6 Å². The number of fused-ring (bicyclic) bond motifs is 1. The van der Waals surface area contributed by atoms with Crippen LogP contribution >= 0.6 is 0 Å². The number of aromatic nitrogens is 2. The van der Waals surface area contributed by atoms with Crippen LogP contribution in [0.25, 0.3) is 11.5 Å². The summed E-state index contributed by atoms with van der Waals surface area (Å²) in [6.45, 7) is 12.9. The molecule has 0 fully saturated rings. The fourth-order valence-corrected chi connectivity index (χ4v) is 5.04. The number of aryl methyl sites for hydroxylation is 2. The Morgan fingerprint density at radius 2 is 1.65 bits per heavy atom. The minimum absolute atomic E-state index is 0.109. The third-order valence-corrected chi connectivity index (χ3v) is 7.78. The number of hydrogen-bond acceptors (Lipinski definition) is 9. The van der Waals surface area contributed by atoms with Crippen molar-refractivity contribution in [2.45, 2.75) is 66.8 Å². The largest absolute Gasteiger partial charge is 0.444 e. The summed E-state index contributed by atoms with van der Waals surface area (Å²) in [6.07, 6.45) is -0.483. The highest BCUT2D eigenvalue weighted by molar-refractivity contribution is 5.87. The number of hydrazine groups is 1. The number of benzene rings is 2. The van der Waals surface area contributed by atoms with Crippen LogP contribution in [0.15, 0.2) is 51.7 Å². The van der Waals surface area contributed by atoms with Crippen molar-refractivity contribution in [2.24, 2.45) is 0 Å². The molecule has 13 nitrogen and oxygen atoms in total. The number of hydrogen-bond donors (Lipinski definition) is 1. The van der Waals surface area contributed by atoms with E-state index in [-0.39, 0.29) is 43.9 Å². The van der Waals surface area contributed by atoms with Crippen molar-refractivity contribution in [3.63, 3.8) is 0 Å². The molecule has 4 rings (SSSR count). The Morgan fingerprint density at radius 1 is 1.00 bits per heavy atom. The molecule has 0 saturated carbocycles. The third kappa shape index (κ3) is 8.53. The van der Waals surface area contributed by atoms with Gasteiger partial charge in [0.15, 0.2) is 0 Å². The van der Waals surface area contributed by atoms with E-state index < -0.39 is 17.5 Å². The van der Waals surface area contributed by atoms with Gasteiger partial charge in [-0.1, -0.05) is 30.3 Å². The number of rotatable bonds is 12. The van der Waals surface area contributed by atoms with Crippen LogP contribution in [-0.4, -0.2) is 92.9 Å². The van der Waals surface area contributed by atoms with E-state index in [9.17, 15) is 19.2 Å². The molecule has 13 heteroatoms. The molecular weight excluding hydrogens is 590 g/mol. The molecule has 248 valence electrons. The highest BCUT2D eigenvalue weighted by Gasteiger charge is 2.28. The van der Waals surface area contributed by atoms with Gasteiger partial charge in [0.05, 0.1) is 6.54 Å². The van der Waals surface area contributed by atoms with Crippen molar-refractivity contribution in [3.05, 3.63) is 69.7 Å². The van der Waals surface area contributed by atoms with Crippen molar-refractivity contribution in [3.8, 4) is 11.5 Å². The summed E-state index contributed by atoms with van der Waals surface area (Å²) in [4.78, 5) is 55.0. The lowest BCUT2D eigenvalue weighted by Gasteiger charge is -2.32. The van der Waals surface area contributed by atoms with Crippen LogP contribution in [0.2, 0.25) is 0 Å². The Hall–Kier alpha value is -4.65. The van der Waals surface area contributed by atoms with Crippen molar-refractivity contribution >= 4 is 23.6 Å². The van der Waals surface area contributed by atoms with Gasteiger partial charge in [0, 0.05) is 57.6 Å². The van der Waals surface area contributed by atoms with Gasteiger partial charge < -0.3 is 24.3 Å². The van der Waals surface area contributed by atoms with Crippen LogP contribution in [0.1, 0.15) is 51.3 Å². The number of amides is 3. The maximum absolute atomic E-state index is 13.7. The topological polar surface area (TPSA) is 133 Å². The number of carbonyl (C=O) groups is 3. The molecule has 1 aliphatic rings. The number of ether oxygens (including phenoxy) is 1. The Bertz CT molecular complexity index is 1580. The van der Waals surface area contributed by atoms with E-state index in [2.05, 4.69) is 10.4 Å². The molecule has 2 heterocycles. The molecule has 3 amide bonds. The summed E-state index contributed by atoms with van der Waals surface area (Å²) in [6, 6.07) is 13.5. The first-order valence-electron chi connectivity index (χ1n) is 15.6. The van der Waals surface area contributed by atoms with E-state index in [4.69, 9.17) is 9.15 Å². The Balaban J connectivity index is 1.48. The normalized spacial score (nSPS) is 12.8. The lowest BCUT2D eigenvalue weighted by Crippen LogP contribution is -2.50. The SMILES string of the molecule is CCN(CCN(CC(=O)N(C)N1Cc2ccccc2C1)C(=O)CNc1cc(-c2nn(CC)c(=O)o2)ccc1C)C(=O)OC(C)(C)C. The van der Waals surface area contributed by atoms with Crippen molar-refractivity contribution in [2.75, 3.05) is 45.1 Å². The highest BCUT2D eigenvalue weighted by Crippen LogP contribution is 2.25. The Kier molecular flexibility index (Phi) is 10.9. The van der Waals surface area contributed by atoms with E-state index in [1.807, 2.05) is 49.2 Å². The number of anilines is 1. The molecule has 1 aromatic heterocycles. The molecule has 1 N–H and O–H groups in total. The zero-order valence-corrected chi connectivity index (χ0v) is 27.8. The predicted octanol–water partition coefficient (Wildman–Crippen LogP) is 3.72. The minimum atomic E-state index is -0.667. The quantitative estimate of drug-likeness (QED) is 0.316. The molecule has 0 saturated heterocycles. The van der Waals surface area contributed by atoms with Crippen LogP contribution in [0.4, 0.5) is 10.5 Å². The Morgan fingerprint density at radius 3 is 2.24 bits per heavy atom. The summed E-state index contributed by atoms with van der Waals surface area (Å²) in [5.74, 6) is -0.930. The second-order valence-electron chi connectivity index (χ2n) is 12.3. The first-order chi connectivity index (χ1) is 21.8. The Labute approximate surface area is 269 Å². The van der Waals surface area contributed by atoms with Crippen LogP contribution in [0.5, 0.6) is 0 Å². The lowest BCUT2D eigenvalue weighted by atomic mass is 10.1. The molecule has 0 atom stereocenters.